The Bertz CT molecular complexity index is 382. The van der Waals surface area contributed by atoms with E-state index in [-0.39, 0.29) is 0 Å². The molecule has 0 atom stereocenters. The standard InChI is InChI=1S/C18H30N2/c1-14(2)20(15(3)4)12-11-19-13-16-5-7-17(8-6-16)18-9-10-18/h5-8,14-15,18-19H,9-13H2,1-4H3. The van der Waals surface area contributed by atoms with Crippen molar-refractivity contribution in [1.82, 2.24) is 10.2 Å². The van der Waals surface area contributed by atoms with Crippen LogP contribution < -0.4 is 5.32 Å². The molecule has 1 aromatic carbocycles. The maximum Gasteiger partial charge on any atom is 0.0206 e. The fraction of sp³-hybridized carbons (Fsp3) is 0.667. The molecule has 0 bridgehead atoms. The van der Waals surface area contributed by atoms with E-state index in [9.17, 15) is 0 Å². The number of benzene rings is 1. The minimum absolute atomic E-state index is 0.620. The molecule has 0 amide bonds. The highest BCUT2D eigenvalue weighted by Gasteiger charge is 2.22. The summed E-state index contributed by atoms with van der Waals surface area (Å²) >= 11 is 0. The molecule has 20 heavy (non-hydrogen) atoms. The van der Waals surface area contributed by atoms with Gasteiger partial charge in [0.25, 0.3) is 0 Å². The average molecular weight is 274 g/mol. The lowest BCUT2D eigenvalue weighted by Crippen LogP contribution is -2.41. The molecule has 2 rings (SSSR count). The fourth-order valence-corrected chi connectivity index (χ4v) is 2.88. The van der Waals surface area contributed by atoms with Crippen LogP contribution in [0.2, 0.25) is 0 Å². The molecule has 1 aromatic rings. The van der Waals surface area contributed by atoms with Gasteiger partial charge in [-0.3, -0.25) is 4.90 Å². The molecule has 0 radical (unpaired) electrons. The lowest BCUT2D eigenvalue weighted by molar-refractivity contribution is 0.176. The summed E-state index contributed by atoms with van der Waals surface area (Å²) < 4.78 is 0. The monoisotopic (exact) mass is 274 g/mol. The summed E-state index contributed by atoms with van der Waals surface area (Å²) in [6.45, 7) is 12.3. The third kappa shape index (κ3) is 4.60. The van der Waals surface area contributed by atoms with Gasteiger partial charge >= 0.3 is 0 Å². The molecule has 2 heteroatoms. The first-order chi connectivity index (χ1) is 9.58. The lowest BCUT2D eigenvalue weighted by Gasteiger charge is -2.30. The third-order valence-corrected chi connectivity index (χ3v) is 4.23. The average Bonchev–Trinajstić information content (AvgIpc) is 3.22. The molecular weight excluding hydrogens is 244 g/mol. The van der Waals surface area contributed by atoms with E-state index in [4.69, 9.17) is 0 Å². The summed E-state index contributed by atoms with van der Waals surface area (Å²) in [7, 11) is 0. The van der Waals surface area contributed by atoms with Crippen LogP contribution in [-0.4, -0.2) is 30.1 Å². The molecule has 1 fully saturated rings. The molecule has 1 aliphatic rings. The Hall–Kier alpha value is -0.860. The van der Waals surface area contributed by atoms with Gasteiger partial charge in [0, 0.05) is 31.7 Å². The van der Waals surface area contributed by atoms with Crippen LogP contribution in [0.15, 0.2) is 24.3 Å². The summed E-state index contributed by atoms with van der Waals surface area (Å²) in [6.07, 6.45) is 2.77. The Labute approximate surface area is 124 Å². The number of hydrogen-bond acceptors (Lipinski definition) is 2. The van der Waals surface area contributed by atoms with Gasteiger partial charge < -0.3 is 5.32 Å². The second kappa shape index (κ2) is 7.24. The van der Waals surface area contributed by atoms with Crippen molar-refractivity contribution in [3.05, 3.63) is 35.4 Å². The van der Waals surface area contributed by atoms with Crippen molar-refractivity contribution in [3.8, 4) is 0 Å². The molecule has 0 aromatic heterocycles. The Morgan fingerprint density at radius 2 is 1.65 bits per heavy atom. The Balaban J connectivity index is 1.69. The predicted molar refractivity (Wildman–Crippen MR) is 87.1 cm³/mol. The van der Waals surface area contributed by atoms with Crippen molar-refractivity contribution in [3.63, 3.8) is 0 Å². The van der Waals surface area contributed by atoms with Crippen molar-refractivity contribution < 1.29 is 0 Å². The summed E-state index contributed by atoms with van der Waals surface area (Å²) in [4.78, 5) is 2.53. The van der Waals surface area contributed by atoms with Crippen LogP contribution in [0.3, 0.4) is 0 Å². The second-order valence-electron chi connectivity index (χ2n) is 6.62. The smallest absolute Gasteiger partial charge is 0.0206 e. The zero-order valence-corrected chi connectivity index (χ0v) is 13.5. The Morgan fingerprint density at radius 3 is 2.15 bits per heavy atom. The molecule has 2 nitrogen and oxygen atoms in total. The zero-order chi connectivity index (χ0) is 14.5. The van der Waals surface area contributed by atoms with Crippen LogP contribution >= 0.6 is 0 Å². The first kappa shape index (κ1) is 15.5. The van der Waals surface area contributed by atoms with Gasteiger partial charge in [0.15, 0.2) is 0 Å². The second-order valence-corrected chi connectivity index (χ2v) is 6.62. The fourth-order valence-electron chi connectivity index (χ4n) is 2.88. The molecule has 0 aliphatic heterocycles. The number of nitrogens with one attached hydrogen (secondary N) is 1. The number of nitrogens with zero attached hydrogens (tertiary/aromatic N) is 1. The van der Waals surface area contributed by atoms with Gasteiger partial charge in [-0.05, 0) is 57.6 Å². The SMILES string of the molecule is CC(C)N(CCNCc1ccc(C2CC2)cc1)C(C)C. The van der Waals surface area contributed by atoms with Gasteiger partial charge in [0.1, 0.15) is 0 Å². The molecule has 1 saturated carbocycles. The van der Waals surface area contributed by atoms with Crippen molar-refractivity contribution in [2.24, 2.45) is 0 Å². The van der Waals surface area contributed by atoms with E-state index >= 15 is 0 Å². The highest BCUT2D eigenvalue weighted by Crippen LogP contribution is 2.39. The Morgan fingerprint density at radius 1 is 1.05 bits per heavy atom. The molecule has 0 heterocycles. The Kier molecular flexibility index (Phi) is 5.62. The minimum atomic E-state index is 0.620. The molecule has 0 saturated heterocycles. The van der Waals surface area contributed by atoms with E-state index < -0.39 is 0 Å². The van der Waals surface area contributed by atoms with E-state index in [1.165, 1.54) is 24.0 Å². The van der Waals surface area contributed by atoms with Gasteiger partial charge in [-0.25, -0.2) is 0 Å². The first-order valence-corrected chi connectivity index (χ1v) is 8.13. The summed E-state index contributed by atoms with van der Waals surface area (Å²) in [5.41, 5.74) is 2.93. The summed E-state index contributed by atoms with van der Waals surface area (Å²) in [6, 6.07) is 10.4. The van der Waals surface area contributed by atoms with Crippen LogP contribution in [0, 0.1) is 0 Å². The number of rotatable bonds is 8. The van der Waals surface area contributed by atoms with Crippen LogP contribution in [0.25, 0.3) is 0 Å². The van der Waals surface area contributed by atoms with Crippen LogP contribution in [0.5, 0.6) is 0 Å². The quantitative estimate of drug-likeness (QED) is 0.726. The molecule has 1 N–H and O–H groups in total. The van der Waals surface area contributed by atoms with Gasteiger partial charge in [-0.15, -0.1) is 0 Å². The normalized spacial score (nSPS) is 15.6. The molecule has 1 aliphatic carbocycles. The van der Waals surface area contributed by atoms with Crippen molar-refractivity contribution in [1.29, 1.82) is 0 Å². The van der Waals surface area contributed by atoms with Crippen molar-refractivity contribution in [2.45, 2.75) is 65.1 Å². The third-order valence-electron chi connectivity index (χ3n) is 4.23. The molecule has 0 spiro atoms. The predicted octanol–water partition coefficient (Wildman–Crippen LogP) is 3.77. The van der Waals surface area contributed by atoms with Crippen LogP contribution in [-0.2, 0) is 6.54 Å². The van der Waals surface area contributed by atoms with Crippen molar-refractivity contribution >= 4 is 0 Å². The van der Waals surface area contributed by atoms with Crippen LogP contribution in [0.1, 0.15) is 57.6 Å². The van der Waals surface area contributed by atoms with Gasteiger partial charge in [-0.2, -0.15) is 0 Å². The number of hydrogen-bond donors (Lipinski definition) is 1. The first-order valence-electron chi connectivity index (χ1n) is 8.13. The largest absolute Gasteiger partial charge is 0.311 e. The highest BCUT2D eigenvalue weighted by atomic mass is 15.2. The summed E-state index contributed by atoms with van der Waals surface area (Å²) in [5.74, 6) is 0.864. The van der Waals surface area contributed by atoms with Gasteiger partial charge in [0.2, 0.25) is 0 Å². The topological polar surface area (TPSA) is 15.3 Å². The maximum atomic E-state index is 3.56. The van der Waals surface area contributed by atoms with Crippen molar-refractivity contribution in [2.75, 3.05) is 13.1 Å². The van der Waals surface area contributed by atoms with E-state index in [0.29, 0.717) is 12.1 Å². The van der Waals surface area contributed by atoms with E-state index in [2.05, 4.69) is 62.2 Å². The van der Waals surface area contributed by atoms with E-state index in [1.807, 2.05) is 0 Å². The molecule has 112 valence electrons. The van der Waals surface area contributed by atoms with Crippen LogP contribution in [0.4, 0.5) is 0 Å². The van der Waals surface area contributed by atoms with E-state index in [0.717, 1.165) is 25.6 Å². The highest BCUT2D eigenvalue weighted by molar-refractivity contribution is 5.27. The maximum absolute atomic E-state index is 3.56. The molecular formula is C18H30N2. The molecule has 0 unspecified atom stereocenters. The summed E-state index contributed by atoms with van der Waals surface area (Å²) in [5, 5.41) is 3.56. The van der Waals surface area contributed by atoms with Gasteiger partial charge in [0.05, 0.1) is 0 Å². The van der Waals surface area contributed by atoms with Gasteiger partial charge in [-0.1, -0.05) is 24.3 Å². The van der Waals surface area contributed by atoms with E-state index in [1.54, 1.807) is 0 Å². The lowest BCUT2D eigenvalue weighted by atomic mass is 10.1. The zero-order valence-electron chi connectivity index (χ0n) is 13.5. The minimum Gasteiger partial charge on any atom is -0.311 e.